The molecule has 0 radical (unpaired) electrons. The molecule has 0 bridgehead atoms. The van der Waals surface area contributed by atoms with Gasteiger partial charge >= 0.3 is 0 Å². The van der Waals surface area contributed by atoms with Crippen LogP contribution in [0.15, 0.2) is 12.3 Å². The van der Waals surface area contributed by atoms with E-state index in [-0.39, 0.29) is 42.8 Å². The van der Waals surface area contributed by atoms with Gasteiger partial charge in [-0.15, -0.1) is 24.8 Å². The Morgan fingerprint density at radius 2 is 2.08 bits per heavy atom. The highest BCUT2D eigenvalue weighted by atomic mass is 35.5. The molecule has 3 heterocycles. The molecule has 0 aromatic carbocycles. The van der Waals surface area contributed by atoms with Crippen LogP contribution < -0.4 is 5.73 Å². The summed E-state index contributed by atoms with van der Waals surface area (Å²) in [4.78, 5) is 19.2. The molecule has 3 rings (SSSR count). The predicted molar refractivity (Wildman–Crippen MR) is 100 cm³/mol. The van der Waals surface area contributed by atoms with Gasteiger partial charge in [-0.3, -0.25) is 4.79 Å². The van der Waals surface area contributed by atoms with Crippen molar-refractivity contribution < 1.29 is 4.79 Å². The molecule has 0 saturated carbocycles. The van der Waals surface area contributed by atoms with Crippen LogP contribution in [0.3, 0.4) is 0 Å². The summed E-state index contributed by atoms with van der Waals surface area (Å²) in [7, 11) is 0. The fourth-order valence-corrected chi connectivity index (χ4v) is 3.02. The van der Waals surface area contributed by atoms with E-state index in [4.69, 9.17) is 5.73 Å². The van der Waals surface area contributed by atoms with E-state index in [9.17, 15) is 4.79 Å². The third-order valence-electron chi connectivity index (χ3n) is 4.22. The van der Waals surface area contributed by atoms with Gasteiger partial charge in [0.15, 0.2) is 5.65 Å². The highest BCUT2D eigenvalue weighted by Crippen LogP contribution is 2.21. The average Bonchev–Trinajstić information content (AvgIpc) is 2.88. The molecule has 6 nitrogen and oxygen atoms in total. The minimum Gasteiger partial charge on any atom is -0.337 e. The fourth-order valence-electron chi connectivity index (χ4n) is 3.02. The molecule has 1 unspecified atom stereocenters. The minimum atomic E-state index is 0. The van der Waals surface area contributed by atoms with Gasteiger partial charge in [0.05, 0.1) is 17.5 Å². The molecule has 0 aliphatic carbocycles. The normalized spacial score (nSPS) is 17.5. The first-order valence-corrected chi connectivity index (χ1v) is 7.87. The summed E-state index contributed by atoms with van der Waals surface area (Å²) in [6.07, 6.45) is 3.73. The smallest absolute Gasteiger partial charge is 0.255 e. The van der Waals surface area contributed by atoms with Gasteiger partial charge in [0.1, 0.15) is 0 Å². The second-order valence-corrected chi connectivity index (χ2v) is 6.37. The lowest BCUT2D eigenvalue weighted by Crippen LogP contribution is -2.45. The number of aromatic nitrogens is 3. The van der Waals surface area contributed by atoms with Crippen LogP contribution in [-0.2, 0) is 0 Å². The zero-order chi connectivity index (χ0) is 15.9. The maximum Gasteiger partial charge on any atom is 0.255 e. The minimum absolute atomic E-state index is 0. The van der Waals surface area contributed by atoms with E-state index in [1.54, 1.807) is 6.20 Å². The molecule has 1 fully saturated rings. The topological polar surface area (TPSA) is 77.0 Å². The van der Waals surface area contributed by atoms with Gasteiger partial charge in [-0.05, 0) is 39.7 Å². The van der Waals surface area contributed by atoms with Crippen molar-refractivity contribution in [1.82, 2.24) is 19.7 Å². The number of hydrogen-bond acceptors (Lipinski definition) is 4. The number of carbonyl (C=O) groups is 1. The summed E-state index contributed by atoms with van der Waals surface area (Å²) in [6, 6.07) is 2.23. The van der Waals surface area contributed by atoms with Crippen LogP contribution in [0.25, 0.3) is 11.0 Å². The molecule has 1 atom stereocenters. The average molecular weight is 374 g/mol. The summed E-state index contributed by atoms with van der Waals surface area (Å²) < 4.78 is 1.88. The summed E-state index contributed by atoms with van der Waals surface area (Å²) in [5, 5.41) is 5.28. The Morgan fingerprint density at radius 1 is 1.38 bits per heavy atom. The number of pyridine rings is 1. The molecule has 2 aromatic rings. The van der Waals surface area contributed by atoms with Crippen LogP contribution in [0, 0.1) is 6.92 Å². The molecule has 1 aliphatic rings. The number of aryl methyl sites for hydroxylation is 1. The van der Waals surface area contributed by atoms with Crippen LogP contribution >= 0.6 is 24.8 Å². The highest BCUT2D eigenvalue weighted by Gasteiger charge is 2.24. The van der Waals surface area contributed by atoms with Crippen molar-refractivity contribution in [3.8, 4) is 0 Å². The third-order valence-corrected chi connectivity index (χ3v) is 4.22. The van der Waals surface area contributed by atoms with Gasteiger partial charge < -0.3 is 10.6 Å². The molecular formula is C16H25Cl2N5O. The van der Waals surface area contributed by atoms with E-state index in [0.717, 1.165) is 36.1 Å². The molecule has 0 spiro atoms. The SMILES string of the molecule is Cc1nc2c(cnn2C(C)C)cc1C(=O)N1CCCC(N)C1.Cl.Cl. The maximum absolute atomic E-state index is 12.8. The van der Waals surface area contributed by atoms with Crippen molar-refractivity contribution in [3.05, 3.63) is 23.5 Å². The number of hydrogen-bond donors (Lipinski definition) is 1. The molecule has 134 valence electrons. The molecular weight excluding hydrogens is 349 g/mol. The zero-order valence-corrected chi connectivity index (χ0v) is 15.9. The van der Waals surface area contributed by atoms with Crippen molar-refractivity contribution in [2.45, 2.75) is 45.7 Å². The van der Waals surface area contributed by atoms with Crippen molar-refractivity contribution in [3.63, 3.8) is 0 Å². The molecule has 1 amide bonds. The number of likely N-dealkylation sites (tertiary alicyclic amines) is 1. The Bertz CT molecular complexity index is 716. The molecule has 24 heavy (non-hydrogen) atoms. The standard InChI is InChI=1S/C16H23N5O.2ClH/c1-10(2)21-15-12(8-18-21)7-14(11(3)19-15)16(22)20-6-4-5-13(17)9-20;;/h7-8,10,13H,4-6,9,17H2,1-3H3;2*1H. The lowest BCUT2D eigenvalue weighted by molar-refractivity contribution is 0.0708. The van der Waals surface area contributed by atoms with Gasteiger partial charge in [0.2, 0.25) is 0 Å². The van der Waals surface area contributed by atoms with Gasteiger partial charge in [0, 0.05) is 30.6 Å². The second kappa shape index (κ2) is 8.14. The summed E-state index contributed by atoms with van der Waals surface area (Å²) >= 11 is 0. The lowest BCUT2D eigenvalue weighted by atomic mass is 10.0. The predicted octanol–water partition coefficient (Wildman–Crippen LogP) is 2.73. The number of piperidine rings is 1. The number of rotatable bonds is 2. The van der Waals surface area contributed by atoms with Gasteiger partial charge in [-0.1, -0.05) is 0 Å². The van der Waals surface area contributed by atoms with Gasteiger partial charge in [-0.25, -0.2) is 9.67 Å². The molecule has 1 aliphatic heterocycles. The van der Waals surface area contributed by atoms with E-state index in [0.29, 0.717) is 12.1 Å². The molecule has 8 heteroatoms. The highest BCUT2D eigenvalue weighted by molar-refractivity contribution is 5.98. The Balaban J connectivity index is 0.00000144. The van der Waals surface area contributed by atoms with E-state index in [1.165, 1.54) is 0 Å². The Morgan fingerprint density at radius 3 is 2.71 bits per heavy atom. The molecule has 1 saturated heterocycles. The first-order valence-electron chi connectivity index (χ1n) is 7.87. The van der Waals surface area contributed by atoms with Gasteiger partial charge in [0.25, 0.3) is 5.91 Å². The van der Waals surface area contributed by atoms with Crippen LogP contribution in [0.5, 0.6) is 0 Å². The van der Waals surface area contributed by atoms with E-state index >= 15 is 0 Å². The summed E-state index contributed by atoms with van der Waals surface area (Å²) in [5.74, 6) is 0.0272. The van der Waals surface area contributed by atoms with E-state index in [1.807, 2.05) is 22.6 Å². The number of carbonyl (C=O) groups excluding carboxylic acids is 1. The van der Waals surface area contributed by atoms with Crippen LogP contribution in [-0.4, -0.2) is 44.7 Å². The van der Waals surface area contributed by atoms with Crippen LogP contribution in [0.2, 0.25) is 0 Å². The van der Waals surface area contributed by atoms with E-state index < -0.39 is 0 Å². The van der Waals surface area contributed by atoms with Gasteiger partial charge in [-0.2, -0.15) is 5.10 Å². The number of nitrogens with zero attached hydrogens (tertiary/aromatic N) is 4. The number of fused-ring (bicyclic) bond motifs is 1. The maximum atomic E-state index is 12.8. The monoisotopic (exact) mass is 373 g/mol. The zero-order valence-electron chi connectivity index (χ0n) is 14.2. The van der Waals surface area contributed by atoms with Crippen LogP contribution in [0.1, 0.15) is 48.8 Å². The van der Waals surface area contributed by atoms with Crippen molar-refractivity contribution in [2.75, 3.05) is 13.1 Å². The van der Waals surface area contributed by atoms with Crippen molar-refractivity contribution >= 4 is 41.8 Å². The molecule has 2 aromatic heterocycles. The van der Waals surface area contributed by atoms with E-state index in [2.05, 4.69) is 23.9 Å². The largest absolute Gasteiger partial charge is 0.337 e. The quantitative estimate of drug-likeness (QED) is 0.877. The van der Waals surface area contributed by atoms with Crippen LogP contribution in [0.4, 0.5) is 0 Å². The summed E-state index contributed by atoms with van der Waals surface area (Å²) in [5.41, 5.74) is 8.22. The number of nitrogens with two attached hydrogens (primary N) is 1. The number of amides is 1. The lowest BCUT2D eigenvalue weighted by Gasteiger charge is -2.31. The Hall–Kier alpha value is -1.37. The third kappa shape index (κ3) is 3.82. The summed E-state index contributed by atoms with van der Waals surface area (Å²) in [6.45, 7) is 7.42. The second-order valence-electron chi connectivity index (χ2n) is 6.37. The van der Waals surface area contributed by atoms with Crippen molar-refractivity contribution in [1.29, 1.82) is 0 Å². The number of halogens is 2. The molecule has 2 N–H and O–H groups in total. The first kappa shape index (κ1) is 20.7. The Labute approximate surface area is 154 Å². The fraction of sp³-hybridized carbons (Fsp3) is 0.562. The van der Waals surface area contributed by atoms with Crippen molar-refractivity contribution in [2.24, 2.45) is 5.73 Å². The first-order chi connectivity index (χ1) is 10.5. The Kier molecular flexibility index (Phi) is 7.01.